The maximum atomic E-state index is 10.3. The summed E-state index contributed by atoms with van der Waals surface area (Å²) in [5.41, 5.74) is 1.94. The van der Waals surface area contributed by atoms with Gasteiger partial charge in [-0.15, -0.1) is 0 Å². The number of aliphatic hydroxyl groups is 1. The highest BCUT2D eigenvalue weighted by molar-refractivity contribution is 5.32. The van der Waals surface area contributed by atoms with Crippen LogP contribution in [0, 0.1) is 0 Å². The summed E-state index contributed by atoms with van der Waals surface area (Å²) in [6.07, 6.45) is 0.0309. The van der Waals surface area contributed by atoms with E-state index in [9.17, 15) is 5.11 Å². The van der Waals surface area contributed by atoms with Gasteiger partial charge in [0.05, 0.1) is 19.8 Å². The summed E-state index contributed by atoms with van der Waals surface area (Å²) in [7, 11) is 1.64. The molecule has 1 N–H and O–H groups in total. The minimum atomic E-state index is -0.538. The first-order chi connectivity index (χ1) is 9.72. The molecule has 0 aliphatic carbocycles. The lowest BCUT2D eigenvalue weighted by atomic mass is 10.0. The van der Waals surface area contributed by atoms with Crippen LogP contribution in [-0.4, -0.2) is 18.8 Å². The maximum Gasteiger partial charge on any atom is 0.119 e. The van der Waals surface area contributed by atoms with Crippen LogP contribution in [0.3, 0.4) is 0 Å². The van der Waals surface area contributed by atoms with Crippen molar-refractivity contribution in [3.05, 3.63) is 59.7 Å². The van der Waals surface area contributed by atoms with Gasteiger partial charge in [-0.2, -0.15) is 0 Å². The Hall–Kier alpha value is -2.00. The first-order valence-corrected chi connectivity index (χ1v) is 6.76. The third kappa shape index (κ3) is 3.75. The highest BCUT2D eigenvalue weighted by atomic mass is 16.5. The lowest BCUT2D eigenvalue weighted by Gasteiger charge is -2.13. The zero-order valence-corrected chi connectivity index (χ0v) is 11.9. The van der Waals surface area contributed by atoms with Gasteiger partial charge < -0.3 is 14.6 Å². The quantitative estimate of drug-likeness (QED) is 0.876. The van der Waals surface area contributed by atoms with E-state index in [0.29, 0.717) is 13.0 Å². The van der Waals surface area contributed by atoms with Gasteiger partial charge in [0.1, 0.15) is 11.5 Å². The molecule has 2 aromatic carbocycles. The fourth-order valence-electron chi connectivity index (χ4n) is 2.08. The van der Waals surface area contributed by atoms with Crippen molar-refractivity contribution < 1.29 is 14.6 Å². The first-order valence-electron chi connectivity index (χ1n) is 6.76. The average Bonchev–Trinajstić information content (AvgIpc) is 2.48. The molecule has 0 saturated carbocycles. The molecule has 0 aromatic heterocycles. The van der Waals surface area contributed by atoms with Crippen molar-refractivity contribution in [1.29, 1.82) is 0 Å². The highest BCUT2D eigenvalue weighted by Gasteiger charge is 2.09. The third-order valence-electron chi connectivity index (χ3n) is 3.14. The summed E-state index contributed by atoms with van der Waals surface area (Å²) in [5, 5.41) is 10.3. The second-order valence-electron chi connectivity index (χ2n) is 4.57. The Morgan fingerprint density at radius 2 is 1.80 bits per heavy atom. The van der Waals surface area contributed by atoms with E-state index < -0.39 is 6.10 Å². The second-order valence-corrected chi connectivity index (χ2v) is 4.57. The summed E-state index contributed by atoms with van der Waals surface area (Å²) < 4.78 is 10.6. The van der Waals surface area contributed by atoms with E-state index in [-0.39, 0.29) is 0 Å². The number of ether oxygens (including phenoxy) is 2. The Bertz CT molecular complexity index is 534. The normalized spacial score (nSPS) is 11.9. The average molecular weight is 272 g/mol. The Kier molecular flexibility index (Phi) is 5.02. The van der Waals surface area contributed by atoms with Gasteiger partial charge in [0.25, 0.3) is 0 Å². The first kappa shape index (κ1) is 14.4. The fraction of sp³-hybridized carbons (Fsp3) is 0.294. The van der Waals surface area contributed by atoms with Gasteiger partial charge in [0.15, 0.2) is 0 Å². The van der Waals surface area contributed by atoms with Gasteiger partial charge in [-0.05, 0) is 42.3 Å². The van der Waals surface area contributed by atoms with Crippen molar-refractivity contribution in [2.75, 3.05) is 13.7 Å². The van der Waals surface area contributed by atoms with Gasteiger partial charge in [-0.25, -0.2) is 0 Å². The Balaban J connectivity index is 2.06. The van der Waals surface area contributed by atoms with Crippen LogP contribution in [0.15, 0.2) is 48.5 Å². The molecule has 3 nitrogen and oxygen atoms in total. The summed E-state index contributed by atoms with van der Waals surface area (Å²) in [6, 6.07) is 15.3. The molecule has 0 spiro atoms. The van der Waals surface area contributed by atoms with Crippen LogP contribution >= 0.6 is 0 Å². The smallest absolute Gasteiger partial charge is 0.119 e. The highest BCUT2D eigenvalue weighted by Crippen LogP contribution is 2.23. The van der Waals surface area contributed by atoms with Crippen molar-refractivity contribution in [2.45, 2.75) is 19.4 Å². The predicted molar refractivity (Wildman–Crippen MR) is 79.3 cm³/mol. The number of hydrogen-bond acceptors (Lipinski definition) is 3. The molecular weight excluding hydrogens is 252 g/mol. The van der Waals surface area contributed by atoms with Gasteiger partial charge in [-0.3, -0.25) is 0 Å². The molecule has 0 radical (unpaired) electrons. The lowest BCUT2D eigenvalue weighted by Crippen LogP contribution is -2.02. The van der Waals surface area contributed by atoms with Crippen molar-refractivity contribution >= 4 is 0 Å². The molecule has 1 unspecified atom stereocenters. The van der Waals surface area contributed by atoms with Gasteiger partial charge in [0, 0.05) is 6.42 Å². The van der Waals surface area contributed by atoms with E-state index >= 15 is 0 Å². The van der Waals surface area contributed by atoms with Crippen molar-refractivity contribution in [1.82, 2.24) is 0 Å². The Morgan fingerprint density at radius 3 is 2.45 bits per heavy atom. The van der Waals surface area contributed by atoms with E-state index in [4.69, 9.17) is 9.47 Å². The number of aliphatic hydroxyl groups excluding tert-OH is 1. The lowest BCUT2D eigenvalue weighted by molar-refractivity contribution is 0.178. The molecule has 0 heterocycles. The van der Waals surface area contributed by atoms with E-state index in [0.717, 1.165) is 22.6 Å². The molecule has 3 heteroatoms. The van der Waals surface area contributed by atoms with Crippen molar-refractivity contribution in [2.24, 2.45) is 0 Å². The molecule has 0 amide bonds. The molecule has 0 bridgehead atoms. The largest absolute Gasteiger partial charge is 0.497 e. The van der Waals surface area contributed by atoms with Crippen LogP contribution in [0.4, 0.5) is 0 Å². The molecule has 0 aliphatic rings. The molecular formula is C17H20O3. The molecule has 106 valence electrons. The fourth-order valence-corrected chi connectivity index (χ4v) is 2.08. The molecule has 2 aromatic rings. The number of methoxy groups -OCH3 is 1. The number of hydrogen-bond donors (Lipinski definition) is 1. The zero-order chi connectivity index (χ0) is 14.4. The van der Waals surface area contributed by atoms with Gasteiger partial charge in [-0.1, -0.05) is 24.3 Å². The van der Waals surface area contributed by atoms with E-state index in [1.807, 2.05) is 55.5 Å². The summed E-state index contributed by atoms with van der Waals surface area (Å²) >= 11 is 0. The van der Waals surface area contributed by atoms with Crippen LogP contribution in [0.2, 0.25) is 0 Å². The third-order valence-corrected chi connectivity index (χ3v) is 3.14. The minimum Gasteiger partial charge on any atom is -0.497 e. The Labute approximate surface area is 119 Å². The zero-order valence-electron chi connectivity index (χ0n) is 11.9. The van der Waals surface area contributed by atoms with Crippen LogP contribution in [0.1, 0.15) is 24.2 Å². The van der Waals surface area contributed by atoms with Crippen LogP contribution in [0.25, 0.3) is 0 Å². The maximum absolute atomic E-state index is 10.3. The summed E-state index contributed by atoms with van der Waals surface area (Å²) in [6.45, 7) is 2.57. The monoisotopic (exact) mass is 272 g/mol. The van der Waals surface area contributed by atoms with E-state index in [1.165, 1.54) is 0 Å². The molecule has 20 heavy (non-hydrogen) atoms. The van der Waals surface area contributed by atoms with Crippen molar-refractivity contribution in [3.8, 4) is 11.5 Å². The molecule has 0 aliphatic heterocycles. The topological polar surface area (TPSA) is 38.7 Å². The number of benzene rings is 2. The predicted octanol–water partition coefficient (Wildman–Crippen LogP) is 3.37. The van der Waals surface area contributed by atoms with Crippen molar-refractivity contribution in [3.63, 3.8) is 0 Å². The summed E-state index contributed by atoms with van der Waals surface area (Å²) in [5.74, 6) is 1.61. The molecule has 2 rings (SSSR count). The van der Waals surface area contributed by atoms with E-state index in [1.54, 1.807) is 7.11 Å². The van der Waals surface area contributed by atoms with Crippen LogP contribution < -0.4 is 9.47 Å². The molecule has 1 atom stereocenters. The second kappa shape index (κ2) is 6.96. The van der Waals surface area contributed by atoms with Crippen LogP contribution in [0.5, 0.6) is 11.5 Å². The minimum absolute atomic E-state index is 0.538. The van der Waals surface area contributed by atoms with E-state index in [2.05, 4.69) is 0 Å². The number of rotatable bonds is 6. The summed E-state index contributed by atoms with van der Waals surface area (Å²) in [4.78, 5) is 0. The molecule has 0 saturated heterocycles. The Morgan fingerprint density at radius 1 is 1.05 bits per heavy atom. The molecule has 0 fully saturated rings. The SMILES string of the molecule is CCOc1cccc(C(O)Cc2ccc(OC)cc2)c1. The standard InChI is InChI=1S/C17H20O3/c1-3-20-16-6-4-5-14(12-16)17(18)11-13-7-9-15(19-2)10-8-13/h4-10,12,17-18H,3,11H2,1-2H3. The van der Waals surface area contributed by atoms with Gasteiger partial charge >= 0.3 is 0 Å². The van der Waals surface area contributed by atoms with Gasteiger partial charge in [0.2, 0.25) is 0 Å². The van der Waals surface area contributed by atoms with Crippen LogP contribution in [-0.2, 0) is 6.42 Å².